The molecule has 0 saturated heterocycles. The largest absolute Gasteiger partial charge is 0.478 e. The average molecular weight is 492 g/mol. The zero-order valence-electron chi connectivity index (χ0n) is 21.0. The van der Waals surface area contributed by atoms with Gasteiger partial charge in [-0.3, -0.25) is 0 Å². The number of ether oxygens (including phenoxy) is 1. The second-order valence-corrected chi connectivity index (χ2v) is 10.7. The van der Waals surface area contributed by atoms with E-state index in [-0.39, 0.29) is 16.2 Å². The van der Waals surface area contributed by atoms with Crippen molar-refractivity contribution in [2.45, 2.75) is 44.4 Å². The minimum absolute atomic E-state index is 0.0946. The summed E-state index contributed by atoms with van der Waals surface area (Å²) in [6, 6.07) is 10.0. The quantitative estimate of drug-likeness (QED) is 0.426. The van der Waals surface area contributed by atoms with E-state index < -0.39 is 16.0 Å². The normalized spacial score (nSPS) is 11.5. The SMILES string of the molecule is CCCCN(CCCC)c1cc(C(=O)O)cc(S(=O)(=O)N(C)C)c1Oc1cccc(N(C)C)c1. The van der Waals surface area contributed by atoms with E-state index in [9.17, 15) is 18.3 Å². The first-order chi connectivity index (χ1) is 16.0. The summed E-state index contributed by atoms with van der Waals surface area (Å²) in [5.41, 5.74) is 1.27. The van der Waals surface area contributed by atoms with E-state index in [1.165, 1.54) is 26.2 Å². The molecule has 0 aliphatic heterocycles. The lowest BCUT2D eigenvalue weighted by molar-refractivity contribution is 0.0696. The second-order valence-electron chi connectivity index (χ2n) is 8.60. The van der Waals surface area contributed by atoms with Gasteiger partial charge in [0.1, 0.15) is 10.6 Å². The molecule has 0 aliphatic rings. The highest BCUT2D eigenvalue weighted by Gasteiger charge is 2.29. The van der Waals surface area contributed by atoms with Crippen LogP contribution < -0.4 is 14.5 Å². The van der Waals surface area contributed by atoms with E-state index in [0.29, 0.717) is 24.5 Å². The molecule has 0 aromatic heterocycles. The lowest BCUT2D eigenvalue weighted by Crippen LogP contribution is -2.28. The fourth-order valence-corrected chi connectivity index (χ4v) is 4.48. The van der Waals surface area contributed by atoms with Gasteiger partial charge in [-0.25, -0.2) is 17.5 Å². The molecule has 0 heterocycles. The van der Waals surface area contributed by atoms with Gasteiger partial charge in [0.05, 0.1) is 11.3 Å². The molecule has 8 nitrogen and oxygen atoms in total. The average Bonchev–Trinajstić information content (AvgIpc) is 2.79. The van der Waals surface area contributed by atoms with Gasteiger partial charge in [-0.15, -0.1) is 0 Å². The van der Waals surface area contributed by atoms with Crippen LogP contribution in [-0.2, 0) is 10.0 Å². The van der Waals surface area contributed by atoms with Crippen molar-refractivity contribution >= 4 is 27.4 Å². The highest BCUT2D eigenvalue weighted by atomic mass is 32.2. The number of sulfonamides is 1. The fourth-order valence-electron chi connectivity index (χ4n) is 3.43. The number of benzene rings is 2. The van der Waals surface area contributed by atoms with E-state index in [2.05, 4.69) is 13.8 Å². The topological polar surface area (TPSA) is 90.4 Å². The predicted molar refractivity (Wildman–Crippen MR) is 137 cm³/mol. The van der Waals surface area contributed by atoms with Crippen LogP contribution in [0.25, 0.3) is 0 Å². The number of carboxylic acid groups (broad SMARTS) is 1. The molecule has 0 saturated carbocycles. The molecular weight excluding hydrogens is 454 g/mol. The molecule has 2 aromatic rings. The van der Waals surface area contributed by atoms with E-state index >= 15 is 0 Å². The van der Waals surface area contributed by atoms with Gasteiger partial charge in [-0.05, 0) is 37.1 Å². The minimum atomic E-state index is -4.00. The predicted octanol–water partition coefficient (Wildman–Crippen LogP) is 4.90. The lowest BCUT2D eigenvalue weighted by atomic mass is 10.1. The molecule has 188 valence electrons. The zero-order valence-corrected chi connectivity index (χ0v) is 21.9. The number of aromatic carboxylic acids is 1. The summed E-state index contributed by atoms with van der Waals surface area (Å²) in [4.78, 5) is 15.8. The smallest absolute Gasteiger partial charge is 0.335 e. The molecule has 0 spiro atoms. The Morgan fingerprint density at radius 3 is 2.09 bits per heavy atom. The van der Waals surface area contributed by atoms with Crippen molar-refractivity contribution in [3.63, 3.8) is 0 Å². The molecule has 2 aromatic carbocycles. The van der Waals surface area contributed by atoms with Crippen molar-refractivity contribution in [3.05, 3.63) is 42.0 Å². The fraction of sp³-hybridized carbons (Fsp3) is 0.480. The van der Waals surface area contributed by atoms with Crippen LogP contribution in [0, 0.1) is 0 Å². The third-order valence-corrected chi connectivity index (χ3v) is 7.32. The number of hydrogen-bond donors (Lipinski definition) is 1. The molecule has 9 heteroatoms. The Hall–Kier alpha value is -2.78. The Kier molecular flexibility index (Phi) is 9.76. The van der Waals surface area contributed by atoms with Crippen LogP contribution >= 0.6 is 0 Å². The monoisotopic (exact) mass is 491 g/mol. The maximum atomic E-state index is 13.3. The van der Waals surface area contributed by atoms with Crippen molar-refractivity contribution in [1.29, 1.82) is 0 Å². The minimum Gasteiger partial charge on any atom is -0.478 e. The number of anilines is 2. The summed E-state index contributed by atoms with van der Waals surface area (Å²) in [7, 11) is 2.66. The van der Waals surface area contributed by atoms with Crippen LogP contribution in [-0.4, -0.2) is 65.1 Å². The Morgan fingerprint density at radius 2 is 1.59 bits per heavy atom. The maximum Gasteiger partial charge on any atom is 0.335 e. The molecule has 0 aliphatic carbocycles. The number of hydrogen-bond acceptors (Lipinski definition) is 6. The highest BCUT2D eigenvalue weighted by molar-refractivity contribution is 7.89. The van der Waals surface area contributed by atoms with Crippen LogP contribution in [0.15, 0.2) is 41.3 Å². The highest BCUT2D eigenvalue weighted by Crippen LogP contribution is 2.41. The Morgan fingerprint density at radius 1 is 0.971 bits per heavy atom. The van der Waals surface area contributed by atoms with Crippen LogP contribution in [0.5, 0.6) is 11.5 Å². The molecule has 1 N–H and O–H groups in total. The third-order valence-electron chi connectivity index (χ3n) is 5.50. The summed E-state index contributed by atoms with van der Waals surface area (Å²) in [6.45, 7) is 5.49. The molecule has 34 heavy (non-hydrogen) atoms. The van der Waals surface area contributed by atoms with Gasteiger partial charge < -0.3 is 19.6 Å². The third kappa shape index (κ3) is 6.64. The van der Waals surface area contributed by atoms with Gasteiger partial charge >= 0.3 is 5.97 Å². The van der Waals surface area contributed by atoms with Crippen molar-refractivity contribution in [3.8, 4) is 11.5 Å². The summed E-state index contributed by atoms with van der Waals surface area (Å²) >= 11 is 0. The van der Waals surface area contributed by atoms with E-state index in [0.717, 1.165) is 35.7 Å². The number of rotatable bonds is 13. The second kappa shape index (κ2) is 12.1. The van der Waals surface area contributed by atoms with Gasteiger partial charge in [0.25, 0.3) is 0 Å². The van der Waals surface area contributed by atoms with Crippen LogP contribution in [0.2, 0.25) is 0 Å². The first-order valence-electron chi connectivity index (χ1n) is 11.6. The number of unbranched alkanes of at least 4 members (excludes halogenated alkanes) is 2. The molecule has 0 unspecified atom stereocenters. The molecule has 0 atom stereocenters. The Labute approximate surface area is 203 Å². The summed E-state index contributed by atoms with van der Waals surface area (Å²) in [5, 5.41) is 9.78. The van der Waals surface area contributed by atoms with Crippen LogP contribution in [0.1, 0.15) is 49.9 Å². The zero-order chi connectivity index (χ0) is 25.5. The number of carboxylic acids is 1. The molecule has 0 radical (unpaired) electrons. The molecule has 0 bridgehead atoms. The van der Waals surface area contributed by atoms with Gasteiger partial charge in [0, 0.05) is 53.0 Å². The van der Waals surface area contributed by atoms with Crippen LogP contribution in [0.4, 0.5) is 11.4 Å². The molecule has 0 amide bonds. The van der Waals surface area contributed by atoms with Crippen molar-refractivity contribution in [2.24, 2.45) is 0 Å². The summed E-state index contributed by atoms with van der Waals surface area (Å²) < 4.78 is 34.0. The first kappa shape index (κ1) is 27.5. The molecule has 2 rings (SSSR count). The Bertz CT molecular complexity index is 1080. The Balaban J connectivity index is 2.82. The summed E-state index contributed by atoms with van der Waals surface area (Å²) in [5.74, 6) is -0.581. The first-order valence-corrected chi connectivity index (χ1v) is 13.0. The van der Waals surface area contributed by atoms with Gasteiger partial charge in [0.15, 0.2) is 5.75 Å². The van der Waals surface area contributed by atoms with Gasteiger partial charge in [-0.1, -0.05) is 32.8 Å². The van der Waals surface area contributed by atoms with Crippen LogP contribution in [0.3, 0.4) is 0 Å². The number of nitrogens with zero attached hydrogens (tertiary/aromatic N) is 3. The van der Waals surface area contributed by atoms with E-state index in [1.807, 2.05) is 42.1 Å². The standard InChI is InChI=1S/C25H37N3O5S/c1-7-9-14-28(15-10-8-2)22-16-19(25(29)30)17-23(34(31,32)27(5)6)24(22)33-21-13-11-12-20(18-21)26(3)4/h11-13,16-18H,7-10,14-15H2,1-6H3,(H,29,30). The number of carbonyl (C=O) groups is 1. The lowest BCUT2D eigenvalue weighted by Gasteiger charge is -2.29. The van der Waals surface area contributed by atoms with Crippen molar-refractivity contribution < 1.29 is 23.1 Å². The van der Waals surface area contributed by atoms with Gasteiger partial charge in [-0.2, -0.15) is 0 Å². The maximum absolute atomic E-state index is 13.3. The van der Waals surface area contributed by atoms with Crippen molar-refractivity contribution in [1.82, 2.24) is 4.31 Å². The molecular formula is C25H37N3O5S. The van der Waals surface area contributed by atoms with Crippen molar-refractivity contribution in [2.75, 3.05) is 51.1 Å². The van der Waals surface area contributed by atoms with Gasteiger partial charge in [0.2, 0.25) is 10.0 Å². The van der Waals surface area contributed by atoms with E-state index in [4.69, 9.17) is 4.74 Å². The van der Waals surface area contributed by atoms with E-state index in [1.54, 1.807) is 6.07 Å². The molecule has 0 fully saturated rings. The summed E-state index contributed by atoms with van der Waals surface area (Å²) in [6.07, 6.45) is 3.66.